The molecule has 0 saturated carbocycles. The summed E-state index contributed by atoms with van der Waals surface area (Å²) in [6.07, 6.45) is 0. The van der Waals surface area contributed by atoms with E-state index in [-0.39, 0.29) is 16.3 Å². The van der Waals surface area contributed by atoms with Gasteiger partial charge in [-0.2, -0.15) is 0 Å². The summed E-state index contributed by atoms with van der Waals surface area (Å²) in [5.74, 6) is 0. The van der Waals surface area contributed by atoms with Crippen molar-refractivity contribution in [1.29, 1.82) is 0 Å². The molecule has 2 aromatic carbocycles. The highest BCUT2D eigenvalue weighted by molar-refractivity contribution is 7.89. The van der Waals surface area contributed by atoms with Crippen molar-refractivity contribution < 1.29 is 13.2 Å². The number of anilines is 1. The summed E-state index contributed by atoms with van der Waals surface area (Å²) in [6.45, 7) is 4.54. The summed E-state index contributed by atoms with van der Waals surface area (Å²) >= 11 is 0. The van der Waals surface area contributed by atoms with Gasteiger partial charge >= 0.3 is 6.03 Å². The molecule has 0 heterocycles. The van der Waals surface area contributed by atoms with Gasteiger partial charge in [0.2, 0.25) is 10.0 Å². The molecular formula is C19H25N3O3S. The number of benzene rings is 2. The van der Waals surface area contributed by atoms with Gasteiger partial charge in [0.1, 0.15) is 0 Å². The van der Waals surface area contributed by atoms with Crippen LogP contribution in [-0.2, 0) is 15.4 Å². The zero-order valence-electron chi connectivity index (χ0n) is 15.5. The van der Waals surface area contributed by atoms with E-state index in [0.29, 0.717) is 12.2 Å². The lowest BCUT2D eigenvalue weighted by molar-refractivity contribution is 0.249. The van der Waals surface area contributed by atoms with Crippen molar-refractivity contribution in [2.24, 2.45) is 0 Å². The number of nitrogens with zero attached hydrogens (tertiary/aromatic N) is 1. The van der Waals surface area contributed by atoms with Crippen LogP contribution in [0.5, 0.6) is 0 Å². The average molecular weight is 375 g/mol. The van der Waals surface area contributed by atoms with E-state index >= 15 is 0 Å². The Balaban J connectivity index is 2.03. The number of urea groups is 1. The minimum Gasteiger partial charge on any atom is -0.337 e. The quantitative estimate of drug-likeness (QED) is 0.814. The largest absolute Gasteiger partial charge is 0.337 e. The Kier molecular flexibility index (Phi) is 6.05. The summed E-state index contributed by atoms with van der Waals surface area (Å²) in [6, 6.07) is 15.7. The van der Waals surface area contributed by atoms with E-state index in [9.17, 15) is 13.2 Å². The molecule has 0 fully saturated rings. The van der Waals surface area contributed by atoms with Gasteiger partial charge in [0.05, 0.1) is 4.90 Å². The van der Waals surface area contributed by atoms with Crippen LogP contribution < -0.4 is 10.6 Å². The lowest BCUT2D eigenvalue weighted by Crippen LogP contribution is -2.39. The number of hydrogen-bond acceptors (Lipinski definition) is 3. The van der Waals surface area contributed by atoms with Gasteiger partial charge in [-0.1, -0.05) is 50.2 Å². The fraction of sp³-hybridized carbons (Fsp3) is 0.316. The van der Waals surface area contributed by atoms with Crippen molar-refractivity contribution in [2.45, 2.75) is 24.2 Å². The third kappa shape index (κ3) is 4.83. The molecule has 7 heteroatoms. The first-order chi connectivity index (χ1) is 12.1. The number of carbonyl (C=O) groups excluding carboxylic acids is 1. The van der Waals surface area contributed by atoms with Crippen molar-refractivity contribution in [1.82, 2.24) is 9.62 Å². The number of hydrogen-bond donors (Lipinski definition) is 2. The summed E-state index contributed by atoms with van der Waals surface area (Å²) < 4.78 is 25.5. The van der Waals surface area contributed by atoms with E-state index in [1.165, 1.54) is 26.2 Å². The maximum absolute atomic E-state index is 12.2. The second-order valence-corrected chi connectivity index (χ2v) is 9.02. The van der Waals surface area contributed by atoms with Gasteiger partial charge in [0.15, 0.2) is 0 Å². The van der Waals surface area contributed by atoms with Crippen molar-refractivity contribution in [3.8, 4) is 0 Å². The van der Waals surface area contributed by atoms with Crippen LogP contribution in [0.4, 0.5) is 10.5 Å². The van der Waals surface area contributed by atoms with Crippen molar-refractivity contribution in [3.05, 3.63) is 60.2 Å². The second-order valence-electron chi connectivity index (χ2n) is 6.87. The molecule has 0 atom stereocenters. The highest BCUT2D eigenvalue weighted by atomic mass is 32.2. The number of rotatable bonds is 6. The molecule has 0 aromatic heterocycles. The topological polar surface area (TPSA) is 78.5 Å². The van der Waals surface area contributed by atoms with Crippen LogP contribution in [0.15, 0.2) is 59.5 Å². The Hall–Kier alpha value is -2.38. The summed E-state index contributed by atoms with van der Waals surface area (Å²) in [5.41, 5.74) is 1.32. The Morgan fingerprint density at radius 3 is 2.31 bits per heavy atom. The van der Waals surface area contributed by atoms with Crippen molar-refractivity contribution >= 4 is 21.7 Å². The van der Waals surface area contributed by atoms with Gasteiger partial charge in [0, 0.05) is 31.7 Å². The Morgan fingerprint density at radius 2 is 1.69 bits per heavy atom. The first-order valence-corrected chi connectivity index (χ1v) is 9.70. The molecule has 0 aliphatic carbocycles. The molecule has 0 unspecified atom stereocenters. The predicted molar refractivity (Wildman–Crippen MR) is 104 cm³/mol. The second kappa shape index (κ2) is 7.88. The lowest BCUT2D eigenvalue weighted by Gasteiger charge is -2.25. The molecule has 2 amide bonds. The van der Waals surface area contributed by atoms with Crippen LogP contribution in [0, 0.1) is 0 Å². The Morgan fingerprint density at radius 1 is 1.04 bits per heavy atom. The zero-order valence-corrected chi connectivity index (χ0v) is 16.3. The van der Waals surface area contributed by atoms with Crippen molar-refractivity contribution in [3.63, 3.8) is 0 Å². The van der Waals surface area contributed by atoms with Crippen LogP contribution in [0.1, 0.15) is 19.4 Å². The molecule has 0 saturated heterocycles. The first kappa shape index (κ1) is 19.9. The molecule has 0 spiro atoms. The van der Waals surface area contributed by atoms with Crippen molar-refractivity contribution in [2.75, 3.05) is 26.0 Å². The third-order valence-electron chi connectivity index (χ3n) is 4.12. The molecule has 0 aliphatic rings. The third-order valence-corrected chi connectivity index (χ3v) is 5.93. The Bertz CT molecular complexity index is 863. The number of sulfonamides is 1. The molecule has 2 N–H and O–H groups in total. The maximum atomic E-state index is 12.2. The summed E-state index contributed by atoms with van der Waals surface area (Å²) in [5, 5.41) is 5.53. The molecular weight excluding hydrogens is 350 g/mol. The van der Waals surface area contributed by atoms with Gasteiger partial charge in [-0.25, -0.2) is 17.5 Å². The number of amides is 2. The highest BCUT2D eigenvalue weighted by Crippen LogP contribution is 2.22. The van der Waals surface area contributed by atoms with Gasteiger partial charge in [-0.05, 0) is 23.8 Å². The maximum Gasteiger partial charge on any atom is 0.319 e. The molecule has 0 aliphatic heterocycles. The van der Waals surface area contributed by atoms with Crippen LogP contribution in [-0.4, -0.2) is 39.4 Å². The van der Waals surface area contributed by atoms with Gasteiger partial charge < -0.3 is 10.6 Å². The highest BCUT2D eigenvalue weighted by Gasteiger charge is 2.21. The molecule has 2 aromatic rings. The van der Waals surface area contributed by atoms with Gasteiger partial charge in [-0.3, -0.25) is 0 Å². The standard InChI is InChI=1S/C19H25N3O3S/c1-19(2,15-9-6-5-7-10-15)14-20-18(23)21-16-11-8-12-17(13-16)26(24,25)22(3)4/h5-13H,14H2,1-4H3,(H2,20,21,23). The van der Waals surface area contributed by atoms with E-state index in [2.05, 4.69) is 10.6 Å². The SMILES string of the molecule is CN(C)S(=O)(=O)c1cccc(NC(=O)NCC(C)(C)c2ccccc2)c1. The minimum absolute atomic E-state index is 0.130. The molecule has 6 nitrogen and oxygen atoms in total. The van der Waals surface area contributed by atoms with E-state index in [0.717, 1.165) is 9.87 Å². The summed E-state index contributed by atoms with van der Waals surface area (Å²) in [7, 11) is -0.613. The monoisotopic (exact) mass is 375 g/mol. The van der Waals surface area contributed by atoms with Gasteiger partial charge in [0.25, 0.3) is 0 Å². The van der Waals surface area contributed by atoms with Crippen LogP contribution in [0.25, 0.3) is 0 Å². The molecule has 2 rings (SSSR count). The zero-order chi connectivity index (χ0) is 19.4. The molecule has 26 heavy (non-hydrogen) atoms. The molecule has 0 bridgehead atoms. The van der Waals surface area contributed by atoms with Crippen LogP contribution in [0.3, 0.4) is 0 Å². The lowest BCUT2D eigenvalue weighted by atomic mass is 9.85. The molecule has 0 radical (unpaired) electrons. The fourth-order valence-corrected chi connectivity index (χ4v) is 3.36. The Labute approximate surface area is 155 Å². The number of nitrogens with one attached hydrogen (secondary N) is 2. The predicted octanol–water partition coefficient (Wildman–Crippen LogP) is 3.04. The van der Waals surface area contributed by atoms with E-state index in [4.69, 9.17) is 0 Å². The van der Waals surface area contributed by atoms with Crippen LogP contribution in [0.2, 0.25) is 0 Å². The van der Waals surface area contributed by atoms with E-state index in [1.807, 2.05) is 44.2 Å². The molecule has 140 valence electrons. The minimum atomic E-state index is -3.55. The van der Waals surface area contributed by atoms with E-state index in [1.54, 1.807) is 12.1 Å². The smallest absolute Gasteiger partial charge is 0.319 e. The number of carbonyl (C=O) groups is 1. The normalized spacial score (nSPS) is 12.0. The van der Waals surface area contributed by atoms with Gasteiger partial charge in [-0.15, -0.1) is 0 Å². The van der Waals surface area contributed by atoms with E-state index < -0.39 is 10.0 Å². The fourth-order valence-electron chi connectivity index (χ4n) is 2.41. The average Bonchev–Trinajstić information content (AvgIpc) is 2.61. The van der Waals surface area contributed by atoms with Crippen LogP contribution >= 0.6 is 0 Å². The summed E-state index contributed by atoms with van der Waals surface area (Å²) in [4.78, 5) is 12.3. The first-order valence-electron chi connectivity index (χ1n) is 8.26.